The molecule has 0 saturated carbocycles. The lowest BCUT2D eigenvalue weighted by Crippen LogP contribution is -2.32. The molecule has 0 aliphatic heterocycles. The number of fused-ring (bicyclic) bond motifs is 1. The van der Waals surface area contributed by atoms with Gasteiger partial charge in [0.1, 0.15) is 11.8 Å². The van der Waals surface area contributed by atoms with Crippen molar-refractivity contribution in [3.63, 3.8) is 0 Å². The summed E-state index contributed by atoms with van der Waals surface area (Å²) in [6, 6.07) is 6.32. The highest BCUT2D eigenvalue weighted by Gasteiger charge is 2.16. The van der Waals surface area contributed by atoms with Crippen molar-refractivity contribution in [3.8, 4) is 11.6 Å². The summed E-state index contributed by atoms with van der Waals surface area (Å²) < 4.78 is 10.4. The zero-order valence-electron chi connectivity index (χ0n) is 11.3. The number of hydrogen-bond acceptors (Lipinski definition) is 5. The molecule has 1 atom stereocenters. The Labute approximate surface area is 116 Å². The molecular formula is C14H16N2O4. The van der Waals surface area contributed by atoms with E-state index in [2.05, 4.69) is 4.98 Å². The summed E-state index contributed by atoms with van der Waals surface area (Å²) in [6.45, 7) is 0. The van der Waals surface area contributed by atoms with Crippen LogP contribution in [0.2, 0.25) is 0 Å². The molecule has 0 bridgehead atoms. The number of carboxylic acid groups (broad SMARTS) is 1. The number of carbonyl (C=O) groups is 1. The molecule has 6 nitrogen and oxygen atoms in total. The molecule has 0 aliphatic carbocycles. The van der Waals surface area contributed by atoms with E-state index in [4.69, 9.17) is 20.3 Å². The summed E-state index contributed by atoms with van der Waals surface area (Å²) in [7, 11) is 3.07. The Morgan fingerprint density at radius 2 is 2.10 bits per heavy atom. The number of pyridine rings is 1. The summed E-state index contributed by atoms with van der Waals surface area (Å²) in [4.78, 5) is 15.2. The van der Waals surface area contributed by atoms with E-state index in [1.165, 1.54) is 7.11 Å². The van der Waals surface area contributed by atoms with Crippen molar-refractivity contribution in [1.82, 2.24) is 4.98 Å². The van der Waals surface area contributed by atoms with Crippen LogP contribution in [0.5, 0.6) is 11.6 Å². The van der Waals surface area contributed by atoms with Gasteiger partial charge >= 0.3 is 5.97 Å². The van der Waals surface area contributed by atoms with Crippen molar-refractivity contribution in [1.29, 1.82) is 0 Å². The first-order valence-electron chi connectivity index (χ1n) is 6.05. The summed E-state index contributed by atoms with van der Waals surface area (Å²) >= 11 is 0. The molecule has 1 unspecified atom stereocenters. The second kappa shape index (κ2) is 5.75. The topological polar surface area (TPSA) is 94.7 Å². The van der Waals surface area contributed by atoms with Crippen LogP contribution < -0.4 is 15.2 Å². The number of nitrogens with zero attached hydrogens (tertiary/aromatic N) is 1. The summed E-state index contributed by atoms with van der Waals surface area (Å²) in [5.74, 6) is 0.0198. The highest BCUT2D eigenvalue weighted by atomic mass is 16.5. The Kier molecular flexibility index (Phi) is 4.05. The minimum absolute atomic E-state index is 0.160. The van der Waals surface area contributed by atoms with Crippen LogP contribution in [0.4, 0.5) is 0 Å². The quantitative estimate of drug-likeness (QED) is 0.852. The molecule has 6 heteroatoms. The van der Waals surface area contributed by atoms with Crippen LogP contribution in [-0.4, -0.2) is 36.3 Å². The molecule has 0 aliphatic rings. The van der Waals surface area contributed by atoms with Crippen molar-refractivity contribution < 1.29 is 19.4 Å². The number of aliphatic carboxylic acids is 1. The summed E-state index contributed by atoms with van der Waals surface area (Å²) in [5.41, 5.74) is 6.94. The lowest BCUT2D eigenvalue weighted by Gasteiger charge is -2.12. The first-order chi connectivity index (χ1) is 9.55. The Bertz CT molecular complexity index is 642. The second-order valence-electron chi connectivity index (χ2n) is 4.36. The van der Waals surface area contributed by atoms with E-state index < -0.39 is 12.0 Å². The van der Waals surface area contributed by atoms with E-state index in [0.717, 1.165) is 5.39 Å². The fourth-order valence-electron chi connectivity index (χ4n) is 1.95. The number of rotatable bonds is 5. The summed E-state index contributed by atoms with van der Waals surface area (Å²) in [6.07, 6.45) is 0.160. The predicted octanol–water partition coefficient (Wildman–Crippen LogP) is 1.21. The molecule has 0 spiro atoms. The minimum Gasteiger partial charge on any atom is -0.497 e. The van der Waals surface area contributed by atoms with Crippen LogP contribution in [0, 0.1) is 0 Å². The predicted molar refractivity (Wildman–Crippen MR) is 74.2 cm³/mol. The molecule has 3 N–H and O–H groups in total. The smallest absolute Gasteiger partial charge is 0.320 e. The zero-order chi connectivity index (χ0) is 14.7. The van der Waals surface area contributed by atoms with Crippen LogP contribution >= 0.6 is 0 Å². The molecule has 106 valence electrons. The van der Waals surface area contributed by atoms with Crippen LogP contribution in [0.15, 0.2) is 24.3 Å². The van der Waals surface area contributed by atoms with Crippen LogP contribution in [-0.2, 0) is 11.2 Å². The number of ether oxygens (including phenoxy) is 2. The highest BCUT2D eigenvalue weighted by molar-refractivity contribution is 5.82. The fourth-order valence-corrected chi connectivity index (χ4v) is 1.95. The molecule has 2 rings (SSSR count). The standard InChI is InChI=1S/C14H16N2O4/c1-19-10-4-3-8-5-9(6-11(15)14(17)18)13(20-2)16-12(8)7-10/h3-5,7,11H,6,15H2,1-2H3,(H,17,18). The Morgan fingerprint density at radius 1 is 1.35 bits per heavy atom. The van der Waals surface area contributed by atoms with E-state index in [-0.39, 0.29) is 6.42 Å². The van der Waals surface area contributed by atoms with Crippen molar-refractivity contribution in [2.24, 2.45) is 5.73 Å². The van der Waals surface area contributed by atoms with Gasteiger partial charge in [0.15, 0.2) is 0 Å². The maximum atomic E-state index is 10.8. The van der Waals surface area contributed by atoms with Gasteiger partial charge in [-0.2, -0.15) is 0 Å². The lowest BCUT2D eigenvalue weighted by atomic mass is 10.1. The molecule has 0 radical (unpaired) electrons. The van der Waals surface area contributed by atoms with Crippen molar-refractivity contribution in [3.05, 3.63) is 29.8 Å². The molecular weight excluding hydrogens is 260 g/mol. The van der Waals surface area contributed by atoms with Gasteiger partial charge in [-0.1, -0.05) is 0 Å². The third kappa shape index (κ3) is 2.80. The zero-order valence-corrected chi connectivity index (χ0v) is 11.3. The van der Waals surface area contributed by atoms with E-state index in [9.17, 15) is 4.79 Å². The normalized spacial score (nSPS) is 12.2. The van der Waals surface area contributed by atoms with Gasteiger partial charge in [0.25, 0.3) is 0 Å². The molecule has 1 heterocycles. The van der Waals surface area contributed by atoms with E-state index in [0.29, 0.717) is 22.7 Å². The average molecular weight is 276 g/mol. The van der Waals surface area contributed by atoms with Crippen LogP contribution in [0.1, 0.15) is 5.56 Å². The second-order valence-corrected chi connectivity index (χ2v) is 4.36. The molecule has 1 aromatic carbocycles. The van der Waals surface area contributed by atoms with Gasteiger partial charge < -0.3 is 20.3 Å². The van der Waals surface area contributed by atoms with Gasteiger partial charge in [-0.05, 0) is 18.2 Å². The van der Waals surface area contributed by atoms with Crippen LogP contribution in [0.25, 0.3) is 10.9 Å². The first-order valence-corrected chi connectivity index (χ1v) is 6.05. The van der Waals surface area contributed by atoms with Gasteiger partial charge in [0, 0.05) is 23.4 Å². The monoisotopic (exact) mass is 276 g/mol. The third-order valence-electron chi connectivity index (χ3n) is 3.01. The Balaban J connectivity index is 2.46. The van der Waals surface area contributed by atoms with Gasteiger partial charge in [0.05, 0.1) is 19.7 Å². The number of hydrogen-bond donors (Lipinski definition) is 2. The van der Waals surface area contributed by atoms with Gasteiger partial charge in [0.2, 0.25) is 5.88 Å². The molecule has 0 fully saturated rings. The Morgan fingerprint density at radius 3 is 2.70 bits per heavy atom. The largest absolute Gasteiger partial charge is 0.497 e. The molecule has 1 aromatic heterocycles. The molecule has 0 saturated heterocycles. The summed E-state index contributed by atoms with van der Waals surface area (Å²) in [5, 5.41) is 9.76. The number of nitrogens with two attached hydrogens (primary N) is 1. The molecule has 0 amide bonds. The number of aromatic nitrogens is 1. The van der Waals surface area contributed by atoms with Gasteiger partial charge in [-0.3, -0.25) is 4.79 Å². The van der Waals surface area contributed by atoms with Crippen molar-refractivity contribution in [2.45, 2.75) is 12.5 Å². The van der Waals surface area contributed by atoms with E-state index >= 15 is 0 Å². The molecule has 2 aromatic rings. The Hall–Kier alpha value is -2.34. The average Bonchev–Trinajstić information content (AvgIpc) is 2.45. The minimum atomic E-state index is -1.05. The fraction of sp³-hybridized carbons (Fsp3) is 0.286. The number of benzene rings is 1. The van der Waals surface area contributed by atoms with E-state index in [1.807, 2.05) is 18.2 Å². The van der Waals surface area contributed by atoms with E-state index in [1.54, 1.807) is 13.2 Å². The number of methoxy groups -OCH3 is 2. The lowest BCUT2D eigenvalue weighted by molar-refractivity contribution is -0.138. The SMILES string of the molecule is COc1ccc2cc(CC(N)C(=O)O)c(OC)nc2c1. The van der Waals surface area contributed by atoms with Gasteiger partial charge in [-0.25, -0.2) is 4.98 Å². The van der Waals surface area contributed by atoms with Crippen LogP contribution in [0.3, 0.4) is 0 Å². The molecule has 20 heavy (non-hydrogen) atoms. The maximum Gasteiger partial charge on any atom is 0.320 e. The third-order valence-corrected chi connectivity index (χ3v) is 3.01. The highest BCUT2D eigenvalue weighted by Crippen LogP contribution is 2.26. The first kappa shape index (κ1) is 14.1. The number of carboxylic acids is 1. The van der Waals surface area contributed by atoms with Crippen molar-refractivity contribution in [2.75, 3.05) is 14.2 Å². The van der Waals surface area contributed by atoms with Crippen molar-refractivity contribution >= 4 is 16.9 Å². The van der Waals surface area contributed by atoms with Gasteiger partial charge in [-0.15, -0.1) is 0 Å². The maximum absolute atomic E-state index is 10.8.